The molecule has 0 bridgehead atoms. The number of nitrogens with zero attached hydrogens (tertiary/aromatic N) is 1. The summed E-state index contributed by atoms with van der Waals surface area (Å²) in [6, 6.07) is 12.3. The van der Waals surface area contributed by atoms with Crippen molar-refractivity contribution in [2.24, 2.45) is 5.92 Å². The summed E-state index contributed by atoms with van der Waals surface area (Å²) >= 11 is 0. The van der Waals surface area contributed by atoms with E-state index in [-0.39, 0.29) is 0 Å². The molecule has 0 amide bonds. The average Bonchev–Trinajstić information content (AvgIpc) is 2.44. The van der Waals surface area contributed by atoms with Crippen LogP contribution in [0.5, 0.6) is 0 Å². The quantitative estimate of drug-likeness (QED) is 0.855. The Kier molecular flexibility index (Phi) is 5.32. The topological polar surface area (TPSA) is 15.3 Å². The molecule has 2 nitrogen and oxygen atoms in total. The van der Waals surface area contributed by atoms with E-state index in [0.29, 0.717) is 12.1 Å². The van der Waals surface area contributed by atoms with Crippen LogP contribution in [0.2, 0.25) is 0 Å². The van der Waals surface area contributed by atoms with Crippen LogP contribution >= 0.6 is 0 Å². The maximum absolute atomic E-state index is 3.89. The molecule has 2 unspecified atom stereocenters. The molecule has 1 heterocycles. The van der Waals surface area contributed by atoms with Gasteiger partial charge in [-0.2, -0.15) is 0 Å². The highest BCUT2D eigenvalue weighted by Crippen LogP contribution is 2.30. The molecule has 2 aliphatic rings. The van der Waals surface area contributed by atoms with Gasteiger partial charge in [-0.15, -0.1) is 0 Å². The number of piperidine rings is 1. The molecule has 1 saturated carbocycles. The van der Waals surface area contributed by atoms with Gasteiger partial charge in [0.1, 0.15) is 0 Å². The third-order valence-electron chi connectivity index (χ3n) is 5.19. The predicted molar refractivity (Wildman–Crippen MR) is 89.3 cm³/mol. The van der Waals surface area contributed by atoms with Gasteiger partial charge in [0.2, 0.25) is 0 Å². The van der Waals surface area contributed by atoms with Crippen molar-refractivity contribution in [2.75, 3.05) is 13.1 Å². The Morgan fingerprint density at radius 1 is 1.14 bits per heavy atom. The zero-order chi connectivity index (χ0) is 14.5. The van der Waals surface area contributed by atoms with Crippen LogP contribution < -0.4 is 5.32 Å². The Balaban J connectivity index is 1.44. The summed E-state index contributed by atoms with van der Waals surface area (Å²) < 4.78 is 0. The van der Waals surface area contributed by atoms with E-state index in [9.17, 15) is 0 Å². The molecule has 2 heteroatoms. The lowest BCUT2D eigenvalue weighted by Gasteiger charge is -2.36. The molecular weight excluding hydrogens is 256 g/mol. The molecule has 2 fully saturated rings. The minimum atomic E-state index is 0.692. The van der Waals surface area contributed by atoms with Crippen molar-refractivity contribution in [1.29, 1.82) is 0 Å². The predicted octanol–water partition coefficient (Wildman–Crippen LogP) is 3.82. The summed E-state index contributed by atoms with van der Waals surface area (Å²) in [5, 5.41) is 3.89. The van der Waals surface area contributed by atoms with Crippen LogP contribution in [0, 0.1) is 5.92 Å². The van der Waals surface area contributed by atoms with Crippen LogP contribution in [0.4, 0.5) is 0 Å². The third kappa shape index (κ3) is 4.55. The fourth-order valence-corrected chi connectivity index (χ4v) is 3.88. The monoisotopic (exact) mass is 286 g/mol. The Labute approximate surface area is 129 Å². The minimum absolute atomic E-state index is 0.692. The second-order valence-corrected chi connectivity index (χ2v) is 7.16. The van der Waals surface area contributed by atoms with E-state index in [1.165, 1.54) is 57.2 Å². The number of rotatable bonds is 6. The molecule has 0 radical (unpaired) electrons. The van der Waals surface area contributed by atoms with E-state index in [4.69, 9.17) is 0 Å². The fourth-order valence-electron chi connectivity index (χ4n) is 3.88. The first-order valence-corrected chi connectivity index (χ1v) is 8.82. The van der Waals surface area contributed by atoms with Crippen LogP contribution in [0.3, 0.4) is 0 Å². The third-order valence-corrected chi connectivity index (χ3v) is 5.19. The normalized spacial score (nSPS) is 25.5. The fraction of sp³-hybridized carbons (Fsp3) is 0.684. The minimum Gasteiger partial charge on any atom is -0.310 e. The van der Waals surface area contributed by atoms with Crippen molar-refractivity contribution in [1.82, 2.24) is 10.2 Å². The van der Waals surface area contributed by atoms with Crippen LogP contribution in [0.15, 0.2) is 30.3 Å². The van der Waals surface area contributed by atoms with Crippen molar-refractivity contribution in [2.45, 2.75) is 64.1 Å². The summed E-state index contributed by atoms with van der Waals surface area (Å²) in [6.07, 6.45) is 8.47. The van der Waals surface area contributed by atoms with E-state index in [2.05, 4.69) is 47.5 Å². The Morgan fingerprint density at radius 2 is 1.95 bits per heavy atom. The van der Waals surface area contributed by atoms with Gasteiger partial charge in [-0.05, 0) is 44.2 Å². The largest absolute Gasteiger partial charge is 0.310 e. The Morgan fingerprint density at radius 3 is 2.67 bits per heavy atom. The molecule has 1 aromatic rings. The van der Waals surface area contributed by atoms with Crippen LogP contribution in [-0.4, -0.2) is 30.1 Å². The zero-order valence-electron chi connectivity index (χ0n) is 13.4. The first-order valence-electron chi connectivity index (χ1n) is 8.82. The molecule has 3 rings (SSSR count). The van der Waals surface area contributed by atoms with Crippen molar-refractivity contribution in [3.05, 3.63) is 35.9 Å². The number of hydrogen-bond acceptors (Lipinski definition) is 2. The van der Waals surface area contributed by atoms with Crippen molar-refractivity contribution < 1.29 is 0 Å². The van der Waals surface area contributed by atoms with Crippen LogP contribution in [0.25, 0.3) is 0 Å². The lowest BCUT2D eigenvalue weighted by atomic mass is 9.81. The molecule has 1 aliphatic carbocycles. The zero-order valence-corrected chi connectivity index (χ0v) is 13.4. The highest BCUT2D eigenvalue weighted by Gasteiger charge is 2.24. The molecule has 0 spiro atoms. The second-order valence-electron chi connectivity index (χ2n) is 7.16. The molecule has 1 aliphatic heterocycles. The van der Waals surface area contributed by atoms with Gasteiger partial charge in [0.05, 0.1) is 0 Å². The van der Waals surface area contributed by atoms with Crippen LogP contribution in [-0.2, 0) is 6.54 Å². The summed E-state index contributed by atoms with van der Waals surface area (Å²) in [4.78, 5) is 2.62. The van der Waals surface area contributed by atoms with E-state index in [0.717, 1.165) is 12.5 Å². The summed E-state index contributed by atoms with van der Waals surface area (Å²) in [5.41, 5.74) is 1.45. The second kappa shape index (κ2) is 7.42. The number of likely N-dealkylation sites (tertiary alicyclic amines) is 1. The smallest absolute Gasteiger partial charge is 0.0234 e. The maximum atomic E-state index is 3.89. The number of benzene rings is 1. The molecular formula is C19H30N2. The SMILES string of the molecule is CC(CC1CCC1)NC1CCCN(Cc2ccccc2)C1. The van der Waals surface area contributed by atoms with Gasteiger partial charge in [0.25, 0.3) is 0 Å². The average molecular weight is 286 g/mol. The standard InChI is InChI=1S/C19H30N2/c1-16(13-17-9-5-10-17)20-19-11-6-12-21(15-19)14-18-7-3-2-4-8-18/h2-4,7-8,16-17,19-20H,5-6,9-15H2,1H3. The van der Waals surface area contributed by atoms with Gasteiger partial charge < -0.3 is 5.32 Å². The lowest BCUT2D eigenvalue weighted by molar-refractivity contribution is 0.168. The van der Waals surface area contributed by atoms with E-state index in [1.54, 1.807) is 0 Å². The number of nitrogens with one attached hydrogen (secondary N) is 1. The highest BCUT2D eigenvalue weighted by molar-refractivity contribution is 5.14. The molecule has 21 heavy (non-hydrogen) atoms. The molecule has 116 valence electrons. The molecule has 1 saturated heterocycles. The van der Waals surface area contributed by atoms with Crippen molar-refractivity contribution in [3.8, 4) is 0 Å². The van der Waals surface area contributed by atoms with Gasteiger partial charge in [0.15, 0.2) is 0 Å². The van der Waals surface area contributed by atoms with Gasteiger partial charge >= 0.3 is 0 Å². The van der Waals surface area contributed by atoms with E-state index < -0.39 is 0 Å². The summed E-state index contributed by atoms with van der Waals surface area (Å²) in [5.74, 6) is 1.01. The molecule has 2 atom stereocenters. The first kappa shape index (κ1) is 15.1. The van der Waals surface area contributed by atoms with Crippen molar-refractivity contribution >= 4 is 0 Å². The molecule has 1 aromatic carbocycles. The molecule has 1 N–H and O–H groups in total. The highest BCUT2D eigenvalue weighted by atomic mass is 15.2. The Hall–Kier alpha value is -0.860. The van der Waals surface area contributed by atoms with Gasteiger partial charge in [-0.25, -0.2) is 0 Å². The van der Waals surface area contributed by atoms with Gasteiger partial charge in [-0.1, -0.05) is 49.6 Å². The lowest BCUT2D eigenvalue weighted by Crippen LogP contribution is -2.48. The number of hydrogen-bond donors (Lipinski definition) is 1. The summed E-state index contributed by atoms with van der Waals surface area (Å²) in [6.45, 7) is 5.96. The van der Waals surface area contributed by atoms with E-state index in [1.807, 2.05) is 0 Å². The maximum Gasteiger partial charge on any atom is 0.0234 e. The van der Waals surface area contributed by atoms with Gasteiger partial charge in [0, 0.05) is 25.2 Å². The van der Waals surface area contributed by atoms with Crippen LogP contribution in [0.1, 0.15) is 51.0 Å². The van der Waals surface area contributed by atoms with E-state index >= 15 is 0 Å². The first-order chi connectivity index (χ1) is 10.3. The summed E-state index contributed by atoms with van der Waals surface area (Å²) in [7, 11) is 0. The molecule has 0 aromatic heterocycles. The van der Waals surface area contributed by atoms with Crippen molar-refractivity contribution in [3.63, 3.8) is 0 Å². The van der Waals surface area contributed by atoms with Gasteiger partial charge in [-0.3, -0.25) is 4.90 Å². The Bertz CT molecular complexity index is 413.